The lowest BCUT2D eigenvalue weighted by atomic mass is 9.89. The number of methoxy groups -OCH3 is 1. The number of hydrogen-bond donors (Lipinski definition) is 1. The number of amides is 1. The van der Waals surface area contributed by atoms with Crippen LogP contribution in [0.2, 0.25) is 0 Å². The Kier molecular flexibility index (Phi) is 5.03. The van der Waals surface area contributed by atoms with Crippen LogP contribution < -0.4 is 14.8 Å². The fourth-order valence-electron chi connectivity index (χ4n) is 3.19. The first-order valence-corrected chi connectivity index (χ1v) is 8.78. The maximum atomic E-state index is 12.4. The van der Waals surface area contributed by atoms with E-state index in [0.717, 1.165) is 34.6 Å². The van der Waals surface area contributed by atoms with Gasteiger partial charge in [0, 0.05) is 18.1 Å². The van der Waals surface area contributed by atoms with Crippen molar-refractivity contribution in [1.82, 2.24) is 5.32 Å². The molecule has 1 amide bonds. The molecule has 0 fully saturated rings. The molecule has 0 aliphatic carbocycles. The van der Waals surface area contributed by atoms with Gasteiger partial charge < -0.3 is 14.8 Å². The van der Waals surface area contributed by atoms with Crippen LogP contribution >= 0.6 is 0 Å². The Balaban J connectivity index is 1.73. The van der Waals surface area contributed by atoms with Crippen LogP contribution in [0.3, 0.4) is 0 Å². The third kappa shape index (κ3) is 4.26. The molecule has 0 unspecified atom stereocenters. The molecule has 1 aliphatic rings. The molecule has 0 saturated carbocycles. The summed E-state index contributed by atoms with van der Waals surface area (Å²) in [6.45, 7) is 6.13. The van der Waals surface area contributed by atoms with Crippen LogP contribution in [0.15, 0.2) is 48.5 Å². The Labute approximate surface area is 154 Å². The molecular formula is C22H25NO3. The quantitative estimate of drug-likeness (QED) is 0.829. The standard InChI is InChI=1S/C22H25NO3/c1-15-5-11-18-19(14-22(2,3)26-20(18)13-15)23-21(24)12-8-16-6-9-17(25-4)10-7-16/h5-13,19H,14H2,1-4H3,(H,23,24)/b12-8+/t19-/m0/s1. The number of nitrogens with one attached hydrogen (secondary N) is 1. The molecule has 0 radical (unpaired) electrons. The molecule has 2 aromatic carbocycles. The Hall–Kier alpha value is -2.75. The van der Waals surface area contributed by atoms with Gasteiger partial charge in [-0.25, -0.2) is 0 Å². The van der Waals surface area contributed by atoms with Crippen molar-refractivity contribution in [3.8, 4) is 11.5 Å². The van der Waals surface area contributed by atoms with Crippen molar-refractivity contribution in [3.63, 3.8) is 0 Å². The number of fused-ring (bicyclic) bond motifs is 1. The predicted octanol–water partition coefficient (Wildman–Crippen LogP) is 4.44. The molecule has 1 heterocycles. The third-order valence-electron chi connectivity index (χ3n) is 4.49. The van der Waals surface area contributed by atoms with Gasteiger partial charge in [0.2, 0.25) is 5.91 Å². The molecule has 1 aliphatic heterocycles. The summed E-state index contributed by atoms with van der Waals surface area (Å²) in [5.41, 5.74) is 2.80. The highest BCUT2D eigenvalue weighted by atomic mass is 16.5. The van der Waals surface area contributed by atoms with Crippen molar-refractivity contribution in [2.75, 3.05) is 7.11 Å². The van der Waals surface area contributed by atoms with Crippen LogP contribution in [0.4, 0.5) is 0 Å². The maximum Gasteiger partial charge on any atom is 0.244 e. The van der Waals surface area contributed by atoms with E-state index in [-0.39, 0.29) is 17.6 Å². The molecule has 26 heavy (non-hydrogen) atoms. The summed E-state index contributed by atoms with van der Waals surface area (Å²) in [5.74, 6) is 1.53. The highest BCUT2D eigenvalue weighted by molar-refractivity contribution is 5.92. The number of rotatable bonds is 4. The van der Waals surface area contributed by atoms with E-state index in [1.54, 1.807) is 19.3 Å². The Morgan fingerprint density at radius 1 is 1.23 bits per heavy atom. The monoisotopic (exact) mass is 351 g/mol. The average molecular weight is 351 g/mol. The van der Waals surface area contributed by atoms with E-state index in [4.69, 9.17) is 9.47 Å². The third-order valence-corrected chi connectivity index (χ3v) is 4.49. The maximum absolute atomic E-state index is 12.4. The largest absolute Gasteiger partial charge is 0.497 e. The van der Waals surface area contributed by atoms with Gasteiger partial charge in [-0.15, -0.1) is 0 Å². The molecule has 0 spiro atoms. The zero-order valence-corrected chi connectivity index (χ0v) is 15.7. The molecule has 1 N–H and O–H groups in total. The summed E-state index contributed by atoms with van der Waals surface area (Å²) in [6.07, 6.45) is 4.10. The lowest BCUT2D eigenvalue weighted by Gasteiger charge is -2.38. The lowest BCUT2D eigenvalue weighted by molar-refractivity contribution is -0.117. The first-order chi connectivity index (χ1) is 12.4. The summed E-state index contributed by atoms with van der Waals surface area (Å²) in [6, 6.07) is 13.6. The van der Waals surface area contributed by atoms with Crippen LogP contribution in [-0.4, -0.2) is 18.6 Å². The van der Waals surface area contributed by atoms with Crippen LogP contribution in [0.5, 0.6) is 11.5 Å². The SMILES string of the molecule is COc1ccc(/C=C/C(=O)N[C@H]2CC(C)(C)Oc3cc(C)ccc32)cc1. The highest BCUT2D eigenvalue weighted by Crippen LogP contribution is 2.39. The number of aryl methyl sites for hydroxylation is 1. The molecule has 4 heteroatoms. The van der Waals surface area contributed by atoms with Crippen molar-refractivity contribution in [2.24, 2.45) is 0 Å². The van der Waals surface area contributed by atoms with Gasteiger partial charge in [0.05, 0.1) is 13.2 Å². The Bertz CT molecular complexity index is 822. The first-order valence-electron chi connectivity index (χ1n) is 8.78. The van der Waals surface area contributed by atoms with E-state index in [9.17, 15) is 4.79 Å². The number of carbonyl (C=O) groups excluding carboxylic acids is 1. The Morgan fingerprint density at radius 3 is 2.65 bits per heavy atom. The summed E-state index contributed by atoms with van der Waals surface area (Å²) < 4.78 is 11.2. The minimum atomic E-state index is -0.321. The van der Waals surface area contributed by atoms with Gasteiger partial charge in [0.1, 0.15) is 17.1 Å². The Morgan fingerprint density at radius 2 is 1.96 bits per heavy atom. The smallest absolute Gasteiger partial charge is 0.244 e. The van der Waals surface area contributed by atoms with Crippen molar-refractivity contribution in [2.45, 2.75) is 38.8 Å². The molecule has 0 bridgehead atoms. The average Bonchev–Trinajstić information content (AvgIpc) is 2.59. The van der Waals surface area contributed by atoms with Crippen molar-refractivity contribution in [1.29, 1.82) is 0 Å². The van der Waals surface area contributed by atoms with Gasteiger partial charge in [-0.1, -0.05) is 24.3 Å². The summed E-state index contributed by atoms with van der Waals surface area (Å²) >= 11 is 0. The molecule has 3 rings (SSSR count). The minimum absolute atomic E-state index is 0.0673. The van der Waals surface area contributed by atoms with E-state index in [1.807, 2.05) is 63.2 Å². The fourth-order valence-corrected chi connectivity index (χ4v) is 3.19. The number of carbonyl (C=O) groups is 1. The van der Waals surface area contributed by atoms with Crippen molar-refractivity contribution in [3.05, 3.63) is 65.2 Å². The number of hydrogen-bond acceptors (Lipinski definition) is 3. The van der Waals surface area contributed by atoms with E-state index in [0.29, 0.717) is 0 Å². The zero-order valence-electron chi connectivity index (χ0n) is 15.7. The van der Waals surface area contributed by atoms with E-state index in [2.05, 4.69) is 5.32 Å². The van der Waals surface area contributed by atoms with Gasteiger partial charge in [0.15, 0.2) is 0 Å². The molecule has 4 nitrogen and oxygen atoms in total. The van der Waals surface area contributed by atoms with Crippen LogP contribution in [0, 0.1) is 6.92 Å². The summed E-state index contributed by atoms with van der Waals surface area (Å²) in [5, 5.41) is 3.11. The van der Waals surface area contributed by atoms with Crippen LogP contribution in [0.1, 0.15) is 43.0 Å². The topological polar surface area (TPSA) is 47.6 Å². The normalized spacial score (nSPS) is 18.1. The number of benzene rings is 2. The minimum Gasteiger partial charge on any atom is -0.497 e. The summed E-state index contributed by atoms with van der Waals surface area (Å²) in [7, 11) is 1.63. The van der Waals surface area contributed by atoms with Crippen molar-refractivity contribution < 1.29 is 14.3 Å². The van der Waals surface area contributed by atoms with E-state index in [1.165, 1.54) is 0 Å². The second-order valence-corrected chi connectivity index (χ2v) is 7.27. The molecule has 0 aromatic heterocycles. The van der Waals surface area contributed by atoms with Crippen LogP contribution in [0.25, 0.3) is 6.08 Å². The predicted molar refractivity (Wildman–Crippen MR) is 103 cm³/mol. The van der Waals surface area contributed by atoms with Gasteiger partial charge in [-0.05, 0) is 56.2 Å². The van der Waals surface area contributed by atoms with Gasteiger partial charge in [0.25, 0.3) is 0 Å². The summed E-state index contributed by atoms with van der Waals surface area (Å²) in [4.78, 5) is 12.4. The van der Waals surface area contributed by atoms with E-state index >= 15 is 0 Å². The molecule has 136 valence electrons. The molecule has 2 aromatic rings. The van der Waals surface area contributed by atoms with Gasteiger partial charge >= 0.3 is 0 Å². The second kappa shape index (κ2) is 7.24. The van der Waals surface area contributed by atoms with Crippen LogP contribution in [-0.2, 0) is 4.79 Å². The fraction of sp³-hybridized carbons (Fsp3) is 0.318. The van der Waals surface area contributed by atoms with E-state index < -0.39 is 0 Å². The first kappa shape index (κ1) is 18.1. The zero-order chi connectivity index (χ0) is 18.7. The lowest BCUT2D eigenvalue weighted by Crippen LogP contribution is -2.40. The highest BCUT2D eigenvalue weighted by Gasteiger charge is 2.34. The molecule has 1 atom stereocenters. The number of ether oxygens (including phenoxy) is 2. The van der Waals surface area contributed by atoms with Gasteiger partial charge in [-0.2, -0.15) is 0 Å². The van der Waals surface area contributed by atoms with Gasteiger partial charge in [-0.3, -0.25) is 4.79 Å². The molecular weight excluding hydrogens is 326 g/mol. The second-order valence-electron chi connectivity index (χ2n) is 7.27. The molecule has 0 saturated heterocycles. The van der Waals surface area contributed by atoms with Crippen molar-refractivity contribution >= 4 is 12.0 Å².